The molecule has 3 heterocycles. The molecule has 29 heavy (non-hydrogen) atoms. The van der Waals surface area contributed by atoms with Crippen LogP contribution in [0.1, 0.15) is 40.2 Å². The monoisotopic (exact) mass is 418 g/mol. The van der Waals surface area contributed by atoms with Crippen LogP contribution in [0.25, 0.3) is 0 Å². The van der Waals surface area contributed by atoms with E-state index in [2.05, 4.69) is 10.2 Å². The van der Waals surface area contributed by atoms with Crippen molar-refractivity contribution in [2.75, 3.05) is 26.8 Å². The van der Waals surface area contributed by atoms with Gasteiger partial charge in [-0.1, -0.05) is 6.07 Å². The van der Waals surface area contributed by atoms with Crippen molar-refractivity contribution in [3.63, 3.8) is 0 Å². The molecule has 1 atom stereocenters. The summed E-state index contributed by atoms with van der Waals surface area (Å²) in [5.41, 5.74) is 3.17. The predicted molar refractivity (Wildman–Crippen MR) is 107 cm³/mol. The highest BCUT2D eigenvalue weighted by molar-refractivity contribution is 7.89. The number of aromatic nitrogens is 2. The number of hydrogen-bond acceptors (Lipinski definition) is 5. The van der Waals surface area contributed by atoms with E-state index in [0.717, 1.165) is 29.7 Å². The SMILES string of the molecule is COC[C@H]1CCCN1S(=O)(=O)c1ccc2c(c1)CN(C(=O)c1cc(C)[nH]n1)CC2. The first-order chi connectivity index (χ1) is 13.9. The molecular weight excluding hydrogens is 392 g/mol. The maximum atomic E-state index is 13.2. The number of aromatic amines is 1. The minimum absolute atomic E-state index is 0.123. The normalized spacial score (nSPS) is 20.1. The average Bonchev–Trinajstić information content (AvgIpc) is 3.36. The van der Waals surface area contributed by atoms with Crippen LogP contribution in [0.15, 0.2) is 29.2 Å². The van der Waals surface area contributed by atoms with Gasteiger partial charge in [-0.15, -0.1) is 0 Å². The van der Waals surface area contributed by atoms with Gasteiger partial charge in [0, 0.05) is 38.5 Å². The fourth-order valence-electron chi connectivity index (χ4n) is 4.18. The van der Waals surface area contributed by atoms with Crippen LogP contribution in [0, 0.1) is 6.92 Å². The quantitative estimate of drug-likeness (QED) is 0.798. The van der Waals surface area contributed by atoms with Crippen LogP contribution in [0.5, 0.6) is 0 Å². The van der Waals surface area contributed by atoms with Gasteiger partial charge in [-0.3, -0.25) is 9.89 Å². The highest BCUT2D eigenvalue weighted by atomic mass is 32.2. The van der Waals surface area contributed by atoms with Crippen LogP contribution >= 0.6 is 0 Å². The van der Waals surface area contributed by atoms with Gasteiger partial charge in [0.2, 0.25) is 10.0 Å². The Morgan fingerprint density at radius 2 is 2.10 bits per heavy atom. The summed E-state index contributed by atoms with van der Waals surface area (Å²) in [7, 11) is -2.01. The standard InChI is InChI=1S/C20H26N4O4S/c1-14-10-19(22-21-14)20(25)23-9-7-15-5-6-18(11-16(15)12-23)29(26,27)24-8-3-4-17(24)13-28-2/h5-6,10-11,17H,3-4,7-9,12-13H2,1-2H3,(H,21,22)/t17-/m1/s1. The molecule has 0 radical (unpaired) electrons. The predicted octanol–water partition coefficient (Wildman–Crippen LogP) is 1.72. The number of amides is 1. The van der Waals surface area contributed by atoms with Gasteiger partial charge in [-0.2, -0.15) is 9.40 Å². The maximum Gasteiger partial charge on any atom is 0.274 e. The van der Waals surface area contributed by atoms with E-state index in [0.29, 0.717) is 38.4 Å². The molecule has 1 N–H and O–H groups in total. The van der Waals surface area contributed by atoms with Crippen LogP contribution in [0.2, 0.25) is 0 Å². The van der Waals surface area contributed by atoms with Gasteiger partial charge in [0.05, 0.1) is 11.5 Å². The van der Waals surface area contributed by atoms with Gasteiger partial charge >= 0.3 is 0 Å². The number of aryl methyl sites for hydroxylation is 1. The fourth-order valence-corrected chi connectivity index (χ4v) is 5.91. The van der Waals surface area contributed by atoms with E-state index in [1.807, 2.05) is 13.0 Å². The van der Waals surface area contributed by atoms with Crippen molar-refractivity contribution in [1.29, 1.82) is 0 Å². The molecule has 1 amide bonds. The number of benzene rings is 1. The summed E-state index contributed by atoms with van der Waals surface area (Å²) in [6.07, 6.45) is 2.34. The van der Waals surface area contributed by atoms with E-state index in [1.54, 1.807) is 34.5 Å². The molecular formula is C20H26N4O4S. The average molecular weight is 419 g/mol. The van der Waals surface area contributed by atoms with Gasteiger partial charge in [0.25, 0.3) is 5.91 Å². The zero-order valence-corrected chi connectivity index (χ0v) is 17.5. The van der Waals surface area contributed by atoms with Crippen LogP contribution in [0.4, 0.5) is 0 Å². The Bertz CT molecular complexity index is 1020. The highest BCUT2D eigenvalue weighted by Crippen LogP contribution is 2.29. The van der Waals surface area contributed by atoms with Gasteiger partial charge in [-0.25, -0.2) is 8.42 Å². The molecule has 0 bridgehead atoms. The van der Waals surface area contributed by atoms with E-state index in [1.165, 1.54) is 0 Å². The molecule has 1 saturated heterocycles. The van der Waals surface area contributed by atoms with E-state index in [9.17, 15) is 13.2 Å². The number of carbonyl (C=O) groups excluding carboxylic acids is 1. The number of fused-ring (bicyclic) bond motifs is 1. The number of carbonyl (C=O) groups is 1. The third kappa shape index (κ3) is 3.82. The van der Waals surface area contributed by atoms with Crippen LogP contribution in [-0.4, -0.2) is 66.6 Å². The Kier molecular flexibility index (Phi) is 5.46. The number of ether oxygens (including phenoxy) is 1. The number of rotatable bonds is 5. The van der Waals surface area contributed by atoms with Crippen molar-refractivity contribution < 1.29 is 17.9 Å². The number of sulfonamides is 1. The second-order valence-corrected chi connectivity index (χ2v) is 9.60. The summed E-state index contributed by atoms with van der Waals surface area (Å²) < 4.78 is 33.2. The first-order valence-electron chi connectivity index (χ1n) is 9.84. The molecule has 156 valence electrons. The number of methoxy groups -OCH3 is 1. The molecule has 0 aliphatic carbocycles. The van der Waals surface area contributed by atoms with Crippen molar-refractivity contribution in [1.82, 2.24) is 19.4 Å². The Morgan fingerprint density at radius 3 is 2.83 bits per heavy atom. The second kappa shape index (κ2) is 7.89. The van der Waals surface area contributed by atoms with E-state index in [-0.39, 0.29) is 16.8 Å². The lowest BCUT2D eigenvalue weighted by Crippen LogP contribution is -2.38. The van der Waals surface area contributed by atoms with Crippen molar-refractivity contribution in [2.24, 2.45) is 0 Å². The molecule has 1 aromatic heterocycles. The van der Waals surface area contributed by atoms with Crippen LogP contribution in [-0.2, 0) is 27.7 Å². The number of nitrogens with one attached hydrogen (secondary N) is 1. The topological polar surface area (TPSA) is 95.6 Å². The smallest absolute Gasteiger partial charge is 0.274 e. The van der Waals surface area contributed by atoms with Crippen molar-refractivity contribution >= 4 is 15.9 Å². The third-order valence-corrected chi connectivity index (χ3v) is 7.64. The number of hydrogen-bond donors (Lipinski definition) is 1. The highest BCUT2D eigenvalue weighted by Gasteiger charge is 2.36. The molecule has 1 aromatic carbocycles. The summed E-state index contributed by atoms with van der Waals surface area (Å²) in [6, 6.07) is 6.89. The van der Waals surface area contributed by atoms with E-state index >= 15 is 0 Å². The van der Waals surface area contributed by atoms with Crippen molar-refractivity contribution in [2.45, 2.75) is 43.7 Å². The molecule has 1 fully saturated rings. The molecule has 0 unspecified atom stereocenters. The minimum Gasteiger partial charge on any atom is -0.383 e. The fraction of sp³-hybridized carbons (Fsp3) is 0.500. The Morgan fingerprint density at radius 1 is 1.28 bits per heavy atom. The molecule has 9 heteroatoms. The minimum atomic E-state index is -3.60. The summed E-state index contributed by atoms with van der Waals surface area (Å²) in [6.45, 7) is 3.73. The van der Waals surface area contributed by atoms with Gasteiger partial charge in [-0.05, 0) is 55.5 Å². The first-order valence-corrected chi connectivity index (χ1v) is 11.3. The summed E-state index contributed by atoms with van der Waals surface area (Å²) in [4.78, 5) is 14.7. The Labute approximate surface area is 170 Å². The molecule has 2 aliphatic heterocycles. The zero-order valence-electron chi connectivity index (χ0n) is 16.7. The molecule has 2 aliphatic rings. The Balaban J connectivity index is 1.58. The van der Waals surface area contributed by atoms with Crippen LogP contribution < -0.4 is 0 Å². The van der Waals surface area contributed by atoms with Crippen LogP contribution in [0.3, 0.4) is 0 Å². The Hall–Kier alpha value is -2.23. The molecule has 8 nitrogen and oxygen atoms in total. The van der Waals surface area contributed by atoms with E-state index in [4.69, 9.17) is 4.74 Å². The van der Waals surface area contributed by atoms with E-state index < -0.39 is 10.0 Å². The van der Waals surface area contributed by atoms with Gasteiger partial charge in [0.1, 0.15) is 5.69 Å². The molecule has 4 rings (SSSR count). The molecule has 0 spiro atoms. The lowest BCUT2D eigenvalue weighted by molar-refractivity contribution is 0.0728. The third-order valence-electron chi connectivity index (χ3n) is 5.69. The zero-order chi connectivity index (χ0) is 20.6. The lowest BCUT2D eigenvalue weighted by Gasteiger charge is -2.29. The first kappa shape index (κ1) is 20.1. The number of H-pyrrole nitrogens is 1. The maximum absolute atomic E-state index is 13.2. The van der Waals surface area contributed by atoms with Crippen molar-refractivity contribution in [3.05, 3.63) is 46.8 Å². The van der Waals surface area contributed by atoms with Gasteiger partial charge in [0.15, 0.2) is 0 Å². The summed E-state index contributed by atoms with van der Waals surface area (Å²) in [5.74, 6) is -0.145. The number of nitrogens with zero attached hydrogens (tertiary/aromatic N) is 3. The second-order valence-electron chi connectivity index (χ2n) is 7.71. The largest absolute Gasteiger partial charge is 0.383 e. The van der Waals surface area contributed by atoms with Crippen molar-refractivity contribution in [3.8, 4) is 0 Å². The molecule has 0 saturated carbocycles. The lowest BCUT2D eigenvalue weighted by atomic mass is 9.99. The molecule has 2 aromatic rings. The summed E-state index contributed by atoms with van der Waals surface area (Å²) in [5, 5.41) is 6.84. The summed E-state index contributed by atoms with van der Waals surface area (Å²) >= 11 is 0. The van der Waals surface area contributed by atoms with Gasteiger partial charge < -0.3 is 9.64 Å².